The number of aromatic nitrogens is 2. The van der Waals surface area contributed by atoms with E-state index in [9.17, 15) is 22.8 Å². The van der Waals surface area contributed by atoms with E-state index in [4.69, 9.17) is 4.74 Å². The Kier molecular flexibility index (Phi) is 8.18. The number of benzene rings is 1. The van der Waals surface area contributed by atoms with Crippen LogP contribution in [0.2, 0.25) is 0 Å². The first kappa shape index (κ1) is 26.2. The molecule has 0 aliphatic heterocycles. The lowest BCUT2D eigenvalue weighted by Crippen LogP contribution is -2.42. The van der Waals surface area contributed by atoms with Crippen LogP contribution in [0.3, 0.4) is 0 Å². The van der Waals surface area contributed by atoms with E-state index in [1.807, 2.05) is 0 Å². The summed E-state index contributed by atoms with van der Waals surface area (Å²) in [6.07, 6.45) is -0.565. The molecular weight excluding hydrogens is 463 g/mol. The maximum atomic E-state index is 13.7. The molecule has 2 atom stereocenters. The molecule has 3 rings (SSSR count). The molecule has 0 spiro atoms. The lowest BCUT2D eigenvalue weighted by molar-refractivity contribution is -0.139. The second-order valence-electron chi connectivity index (χ2n) is 8.85. The van der Waals surface area contributed by atoms with Crippen molar-refractivity contribution in [1.29, 1.82) is 0 Å². The minimum atomic E-state index is -4.61. The van der Waals surface area contributed by atoms with Gasteiger partial charge < -0.3 is 20.3 Å². The molecule has 1 aliphatic carbocycles. The number of methoxy groups -OCH3 is 1. The van der Waals surface area contributed by atoms with Gasteiger partial charge >= 0.3 is 6.18 Å². The van der Waals surface area contributed by atoms with E-state index in [-0.39, 0.29) is 41.8 Å². The van der Waals surface area contributed by atoms with Crippen molar-refractivity contribution in [2.45, 2.75) is 51.2 Å². The van der Waals surface area contributed by atoms with Gasteiger partial charge in [-0.1, -0.05) is 12.8 Å². The molecule has 1 saturated carbocycles. The van der Waals surface area contributed by atoms with Crippen molar-refractivity contribution < 1.29 is 27.5 Å². The van der Waals surface area contributed by atoms with E-state index in [2.05, 4.69) is 20.6 Å². The van der Waals surface area contributed by atoms with Gasteiger partial charge in [0.1, 0.15) is 5.75 Å². The number of carbonyl (C=O) groups is 2. The highest BCUT2D eigenvalue weighted by atomic mass is 19.4. The van der Waals surface area contributed by atoms with E-state index in [1.165, 1.54) is 25.0 Å². The highest BCUT2D eigenvalue weighted by molar-refractivity contribution is 5.95. The molecular formula is C24H30F3N5O3. The summed E-state index contributed by atoms with van der Waals surface area (Å²) in [5.74, 6) is -0.289. The fourth-order valence-electron chi connectivity index (χ4n) is 4.33. The van der Waals surface area contributed by atoms with Crippen LogP contribution in [0.15, 0.2) is 24.4 Å². The summed E-state index contributed by atoms with van der Waals surface area (Å²) in [6.45, 7) is 1.41. The molecule has 2 aromatic rings. The summed E-state index contributed by atoms with van der Waals surface area (Å²) in [5, 5.41) is 5.78. The molecule has 0 bridgehead atoms. The van der Waals surface area contributed by atoms with Crippen molar-refractivity contribution in [3.05, 3.63) is 41.2 Å². The molecule has 1 fully saturated rings. The molecule has 1 aromatic carbocycles. The zero-order chi connectivity index (χ0) is 25.8. The zero-order valence-corrected chi connectivity index (χ0v) is 20.2. The van der Waals surface area contributed by atoms with Crippen molar-refractivity contribution in [2.75, 3.05) is 26.5 Å². The average molecular weight is 494 g/mol. The Morgan fingerprint density at radius 1 is 1.20 bits per heavy atom. The van der Waals surface area contributed by atoms with E-state index in [0.29, 0.717) is 23.4 Å². The zero-order valence-electron chi connectivity index (χ0n) is 20.2. The number of hydrogen-bond donors (Lipinski definition) is 2. The van der Waals surface area contributed by atoms with Crippen molar-refractivity contribution >= 4 is 23.5 Å². The quantitative estimate of drug-likeness (QED) is 0.601. The van der Waals surface area contributed by atoms with Crippen LogP contribution in [-0.4, -0.2) is 53.9 Å². The summed E-state index contributed by atoms with van der Waals surface area (Å²) in [4.78, 5) is 33.3. The molecule has 2 N–H and O–H groups in total. The minimum absolute atomic E-state index is 0.0233. The fraction of sp³-hybridized carbons (Fsp3) is 0.500. The third-order valence-corrected chi connectivity index (χ3v) is 6.03. The summed E-state index contributed by atoms with van der Waals surface area (Å²) in [7, 11) is 4.68. The van der Waals surface area contributed by atoms with Crippen LogP contribution in [0.5, 0.6) is 5.75 Å². The van der Waals surface area contributed by atoms with Crippen LogP contribution in [0.1, 0.15) is 54.2 Å². The second kappa shape index (κ2) is 10.9. The Morgan fingerprint density at radius 2 is 1.91 bits per heavy atom. The molecule has 1 heterocycles. The van der Waals surface area contributed by atoms with Crippen LogP contribution in [0, 0.1) is 5.92 Å². The number of alkyl halides is 3. The van der Waals surface area contributed by atoms with Gasteiger partial charge in [0.15, 0.2) is 0 Å². The van der Waals surface area contributed by atoms with Gasteiger partial charge in [0.2, 0.25) is 11.9 Å². The highest BCUT2D eigenvalue weighted by Gasteiger charge is 2.37. The van der Waals surface area contributed by atoms with Gasteiger partial charge in [0, 0.05) is 38.8 Å². The largest absolute Gasteiger partial charge is 0.495 e. The smallest absolute Gasteiger partial charge is 0.419 e. The summed E-state index contributed by atoms with van der Waals surface area (Å²) in [6, 6.07) is 4.51. The van der Waals surface area contributed by atoms with Crippen LogP contribution in [0.4, 0.5) is 24.8 Å². The standard InChI is InChI=1S/C24H30F3N5O3/c1-14(33)29-18-8-6-5-7-15(18)11-20-17(24(25,26)27)13-28-23(31-20)30-19-10-9-16(12-21(19)35-4)22(34)32(2)3/h9-10,12-13,15,18H,5-8,11H2,1-4H3,(H,29,33)(H,28,30,31)/t15-,18+/m0/s1. The number of anilines is 2. The SMILES string of the molecule is COc1cc(C(=O)N(C)C)ccc1Nc1ncc(C(F)(F)F)c(C[C@@H]2CCCC[C@H]2NC(C)=O)n1. The predicted molar refractivity (Wildman–Crippen MR) is 125 cm³/mol. The molecule has 0 radical (unpaired) electrons. The normalized spacial score (nSPS) is 18.0. The monoisotopic (exact) mass is 493 g/mol. The number of ether oxygens (including phenoxy) is 1. The summed E-state index contributed by atoms with van der Waals surface area (Å²) in [5.41, 5.74) is -0.222. The number of nitrogens with one attached hydrogen (secondary N) is 2. The number of nitrogens with zero attached hydrogens (tertiary/aromatic N) is 3. The molecule has 1 aromatic heterocycles. The van der Waals surface area contributed by atoms with Crippen molar-refractivity contribution in [3.63, 3.8) is 0 Å². The first-order valence-electron chi connectivity index (χ1n) is 11.4. The lowest BCUT2D eigenvalue weighted by Gasteiger charge is -2.32. The Hall–Kier alpha value is -3.37. The summed E-state index contributed by atoms with van der Waals surface area (Å²) < 4.78 is 46.6. The molecule has 35 heavy (non-hydrogen) atoms. The summed E-state index contributed by atoms with van der Waals surface area (Å²) >= 11 is 0. The van der Waals surface area contributed by atoms with Gasteiger partial charge in [-0.25, -0.2) is 9.97 Å². The van der Waals surface area contributed by atoms with Crippen molar-refractivity contribution in [2.24, 2.45) is 5.92 Å². The number of halogens is 3. The Labute approximate surface area is 202 Å². The third kappa shape index (κ3) is 6.61. The molecule has 190 valence electrons. The maximum Gasteiger partial charge on any atom is 0.419 e. The fourth-order valence-corrected chi connectivity index (χ4v) is 4.33. The highest BCUT2D eigenvalue weighted by Crippen LogP contribution is 2.36. The predicted octanol–water partition coefficient (Wildman–Crippen LogP) is 4.19. The number of hydrogen-bond acceptors (Lipinski definition) is 6. The first-order valence-corrected chi connectivity index (χ1v) is 11.4. The number of rotatable bonds is 7. The first-order chi connectivity index (χ1) is 16.5. The van der Waals surface area contributed by atoms with E-state index < -0.39 is 11.7 Å². The number of carbonyl (C=O) groups excluding carboxylic acids is 2. The topological polar surface area (TPSA) is 96.5 Å². The van der Waals surface area contributed by atoms with Gasteiger partial charge in [-0.05, 0) is 43.4 Å². The van der Waals surface area contributed by atoms with Crippen LogP contribution in [-0.2, 0) is 17.4 Å². The van der Waals surface area contributed by atoms with Gasteiger partial charge in [-0.3, -0.25) is 9.59 Å². The average Bonchev–Trinajstić information content (AvgIpc) is 2.79. The second-order valence-corrected chi connectivity index (χ2v) is 8.85. The Bertz CT molecular complexity index is 1070. The van der Waals surface area contributed by atoms with E-state index in [1.54, 1.807) is 26.2 Å². The van der Waals surface area contributed by atoms with E-state index >= 15 is 0 Å². The molecule has 0 saturated heterocycles. The molecule has 8 nitrogen and oxygen atoms in total. The third-order valence-electron chi connectivity index (χ3n) is 6.03. The molecule has 1 aliphatic rings. The van der Waals surface area contributed by atoms with Crippen LogP contribution < -0.4 is 15.4 Å². The minimum Gasteiger partial charge on any atom is -0.495 e. The molecule has 2 amide bonds. The Balaban J connectivity index is 1.91. The van der Waals surface area contributed by atoms with Gasteiger partial charge in [0.25, 0.3) is 5.91 Å². The number of amides is 2. The van der Waals surface area contributed by atoms with Gasteiger partial charge in [-0.15, -0.1) is 0 Å². The van der Waals surface area contributed by atoms with Crippen LogP contribution in [0.25, 0.3) is 0 Å². The van der Waals surface area contributed by atoms with Gasteiger partial charge in [-0.2, -0.15) is 13.2 Å². The lowest BCUT2D eigenvalue weighted by atomic mass is 9.81. The van der Waals surface area contributed by atoms with Crippen molar-refractivity contribution in [1.82, 2.24) is 20.2 Å². The molecule has 0 unspecified atom stereocenters. The van der Waals surface area contributed by atoms with Crippen molar-refractivity contribution in [3.8, 4) is 5.75 Å². The van der Waals surface area contributed by atoms with E-state index in [0.717, 1.165) is 25.5 Å². The molecule has 11 heteroatoms. The Morgan fingerprint density at radius 3 is 2.54 bits per heavy atom. The van der Waals surface area contributed by atoms with Crippen LogP contribution >= 0.6 is 0 Å². The van der Waals surface area contributed by atoms with Gasteiger partial charge in [0.05, 0.1) is 24.1 Å². The maximum absolute atomic E-state index is 13.7.